The summed E-state index contributed by atoms with van der Waals surface area (Å²) >= 11 is 5.85. The summed E-state index contributed by atoms with van der Waals surface area (Å²) in [6.07, 6.45) is 2.90. The smallest absolute Gasteiger partial charge is 0.174 e. The molecule has 0 amide bonds. The van der Waals surface area contributed by atoms with Crippen LogP contribution in [0.3, 0.4) is 0 Å². The Bertz CT molecular complexity index is 1220. The highest BCUT2D eigenvalue weighted by molar-refractivity contribution is 7.80. The maximum atomic E-state index is 14.1. The van der Waals surface area contributed by atoms with E-state index in [2.05, 4.69) is 44.6 Å². The first-order chi connectivity index (χ1) is 17.4. The molecule has 2 saturated heterocycles. The Labute approximate surface area is 218 Å². The van der Waals surface area contributed by atoms with Gasteiger partial charge in [0.2, 0.25) is 0 Å². The molecule has 36 heavy (non-hydrogen) atoms. The monoisotopic (exact) mass is 507 g/mol. The molecule has 4 heterocycles. The van der Waals surface area contributed by atoms with E-state index < -0.39 is 0 Å². The molecule has 0 spiro atoms. The number of nitrogens with zero attached hydrogens (tertiary/aromatic N) is 4. The number of anilines is 1. The van der Waals surface area contributed by atoms with Crippen molar-refractivity contribution in [3.63, 3.8) is 0 Å². The molecule has 2 aliphatic rings. The Morgan fingerprint density at radius 3 is 2.61 bits per heavy atom. The van der Waals surface area contributed by atoms with Gasteiger partial charge in [-0.25, -0.2) is 4.39 Å². The van der Waals surface area contributed by atoms with Crippen LogP contribution in [-0.2, 0) is 11.3 Å². The second-order valence-corrected chi connectivity index (χ2v) is 10.1. The topological polar surface area (TPSA) is 45.6 Å². The van der Waals surface area contributed by atoms with Gasteiger partial charge in [0.1, 0.15) is 5.82 Å². The van der Waals surface area contributed by atoms with Crippen molar-refractivity contribution in [2.45, 2.75) is 45.8 Å². The number of hydrogen-bond acceptors (Lipinski definition) is 4. The van der Waals surface area contributed by atoms with Crippen LogP contribution in [0.25, 0.3) is 0 Å². The summed E-state index contributed by atoms with van der Waals surface area (Å²) in [5.74, 6) is -0.215. The number of ether oxygens (including phenoxy) is 1. The van der Waals surface area contributed by atoms with E-state index in [1.54, 1.807) is 6.92 Å². The van der Waals surface area contributed by atoms with Crippen LogP contribution in [0.5, 0.6) is 0 Å². The van der Waals surface area contributed by atoms with Crippen LogP contribution in [-0.4, -0.2) is 52.4 Å². The van der Waals surface area contributed by atoms with Gasteiger partial charge < -0.3 is 19.5 Å². The zero-order chi connectivity index (χ0) is 25.2. The molecule has 5 rings (SSSR count). The Morgan fingerprint density at radius 2 is 1.89 bits per heavy atom. The normalized spacial score (nSPS) is 20.7. The quantitative estimate of drug-likeness (QED) is 0.462. The van der Waals surface area contributed by atoms with Gasteiger partial charge in [-0.2, -0.15) is 0 Å². The minimum atomic E-state index is -0.215. The lowest BCUT2D eigenvalue weighted by atomic mass is 9.96. The number of pyridine rings is 1. The predicted molar refractivity (Wildman–Crippen MR) is 145 cm³/mol. The Balaban J connectivity index is 1.48. The summed E-state index contributed by atoms with van der Waals surface area (Å²) in [6.45, 7) is 11.9. The molecule has 6 nitrogen and oxygen atoms in total. The van der Waals surface area contributed by atoms with E-state index in [1.165, 1.54) is 23.0 Å². The number of aryl methyl sites for hydroxylation is 2. The van der Waals surface area contributed by atoms with Crippen molar-refractivity contribution in [1.29, 1.82) is 0 Å². The van der Waals surface area contributed by atoms with Gasteiger partial charge in [-0.05, 0) is 86.9 Å². The first kappa shape index (κ1) is 24.9. The van der Waals surface area contributed by atoms with Crippen LogP contribution in [0.15, 0.2) is 48.7 Å². The molecular formula is C28H34FN5OS. The number of hydrogen-bond donors (Lipinski definition) is 1. The Kier molecular flexibility index (Phi) is 7.37. The molecule has 1 aromatic carbocycles. The highest BCUT2D eigenvalue weighted by Crippen LogP contribution is 2.43. The number of benzene rings is 1. The van der Waals surface area contributed by atoms with E-state index in [-0.39, 0.29) is 17.9 Å². The van der Waals surface area contributed by atoms with Gasteiger partial charge in [-0.15, -0.1) is 0 Å². The molecule has 2 atom stereocenters. The van der Waals surface area contributed by atoms with Gasteiger partial charge in [0.25, 0.3) is 0 Å². The first-order valence-electron chi connectivity index (χ1n) is 12.7. The van der Waals surface area contributed by atoms with Crippen LogP contribution in [0.4, 0.5) is 10.1 Å². The molecule has 3 aromatic rings. The van der Waals surface area contributed by atoms with E-state index >= 15 is 0 Å². The van der Waals surface area contributed by atoms with Crippen molar-refractivity contribution in [2.24, 2.45) is 0 Å². The fourth-order valence-corrected chi connectivity index (χ4v) is 5.82. The average Bonchev–Trinajstić information content (AvgIpc) is 3.37. The number of aromatic nitrogens is 2. The van der Waals surface area contributed by atoms with Crippen LogP contribution in [0.2, 0.25) is 0 Å². The van der Waals surface area contributed by atoms with E-state index in [1.807, 2.05) is 36.5 Å². The minimum Gasteiger partial charge on any atom is -0.379 e. The van der Waals surface area contributed by atoms with Crippen LogP contribution >= 0.6 is 12.2 Å². The van der Waals surface area contributed by atoms with E-state index in [0.717, 1.165) is 57.2 Å². The van der Waals surface area contributed by atoms with Gasteiger partial charge in [-0.1, -0.05) is 6.07 Å². The zero-order valence-electron chi connectivity index (χ0n) is 21.2. The summed E-state index contributed by atoms with van der Waals surface area (Å²) in [6, 6.07) is 13.2. The predicted octanol–water partition coefficient (Wildman–Crippen LogP) is 4.85. The van der Waals surface area contributed by atoms with Crippen molar-refractivity contribution < 1.29 is 9.13 Å². The highest BCUT2D eigenvalue weighted by Gasteiger charge is 2.42. The highest BCUT2D eigenvalue weighted by atomic mass is 32.1. The maximum Gasteiger partial charge on any atom is 0.174 e. The average molecular weight is 508 g/mol. The SMILES string of the molecule is Cc1cc(N2C(=S)N[C@@H](c3ccccn3)[C@H]2c2cc(C)n(CCCN3CCOCC3)c2C)ccc1F. The van der Waals surface area contributed by atoms with Crippen molar-refractivity contribution in [1.82, 2.24) is 19.8 Å². The molecule has 0 radical (unpaired) electrons. The minimum absolute atomic E-state index is 0.101. The van der Waals surface area contributed by atoms with Gasteiger partial charge in [0.05, 0.1) is 31.0 Å². The molecule has 0 bridgehead atoms. The van der Waals surface area contributed by atoms with E-state index in [9.17, 15) is 4.39 Å². The molecule has 2 aliphatic heterocycles. The Morgan fingerprint density at radius 1 is 1.08 bits per heavy atom. The van der Waals surface area contributed by atoms with Crippen molar-refractivity contribution in [3.05, 3.63) is 82.7 Å². The number of nitrogens with one attached hydrogen (secondary N) is 1. The van der Waals surface area contributed by atoms with Crippen molar-refractivity contribution >= 4 is 23.0 Å². The van der Waals surface area contributed by atoms with Gasteiger partial charge >= 0.3 is 0 Å². The molecule has 2 fully saturated rings. The molecule has 0 aliphatic carbocycles. The lowest BCUT2D eigenvalue weighted by molar-refractivity contribution is 0.0369. The van der Waals surface area contributed by atoms with E-state index in [0.29, 0.717) is 10.7 Å². The number of rotatable bonds is 7. The third kappa shape index (κ3) is 4.90. The van der Waals surface area contributed by atoms with Crippen LogP contribution < -0.4 is 10.2 Å². The van der Waals surface area contributed by atoms with Crippen LogP contribution in [0, 0.1) is 26.6 Å². The third-order valence-electron chi connectivity index (χ3n) is 7.41. The molecular weight excluding hydrogens is 473 g/mol. The molecule has 0 saturated carbocycles. The molecule has 0 unspecified atom stereocenters. The number of morpholine rings is 1. The number of halogens is 1. The summed E-state index contributed by atoms with van der Waals surface area (Å²) in [4.78, 5) is 9.27. The summed E-state index contributed by atoms with van der Waals surface area (Å²) in [5.41, 5.74) is 6.09. The zero-order valence-corrected chi connectivity index (χ0v) is 22.0. The standard InChI is InChI=1S/C28H34FN5OS/c1-19-17-22(8-9-24(19)29)34-27(26(31-28(34)36)25-7-4-5-10-30-25)23-18-20(2)33(21(23)3)12-6-11-32-13-15-35-16-14-32/h4-5,7-10,17-18,26-27H,6,11-16H2,1-3H3,(H,31,36)/t26-,27+/m0/s1. The van der Waals surface area contributed by atoms with E-state index in [4.69, 9.17) is 17.0 Å². The fraction of sp³-hybridized carbons (Fsp3) is 0.429. The molecule has 2 aromatic heterocycles. The second-order valence-electron chi connectivity index (χ2n) is 9.72. The van der Waals surface area contributed by atoms with Gasteiger partial charge in [-0.3, -0.25) is 9.88 Å². The molecule has 8 heteroatoms. The molecule has 1 N–H and O–H groups in total. The number of thiocarbonyl (C=S) groups is 1. The summed E-state index contributed by atoms with van der Waals surface area (Å²) in [5, 5.41) is 4.14. The maximum absolute atomic E-state index is 14.1. The van der Waals surface area contributed by atoms with Gasteiger partial charge in [0.15, 0.2) is 5.11 Å². The van der Waals surface area contributed by atoms with Crippen molar-refractivity contribution in [2.75, 3.05) is 37.7 Å². The second kappa shape index (κ2) is 10.7. The lowest BCUT2D eigenvalue weighted by Gasteiger charge is -2.28. The first-order valence-corrected chi connectivity index (χ1v) is 13.1. The Hall–Kier alpha value is -2.81. The van der Waals surface area contributed by atoms with Gasteiger partial charge in [0, 0.05) is 49.5 Å². The lowest BCUT2D eigenvalue weighted by Crippen LogP contribution is -2.37. The molecule has 190 valence electrons. The van der Waals surface area contributed by atoms with Crippen LogP contribution in [0.1, 0.15) is 46.7 Å². The fourth-order valence-electron chi connectivity index (χ4n) is 5.48. The largest absolute Gasteiger partial charge is 0.379 e. The van der Waals surface area contributed by atoms with Crippen molar-refractivity contribution in [3.8, 4) is 0 Å². The summed E-state index contributed by atoms with van der Waals surface area (Å²) in [7, 11) is 0. The summed E-state index contributed by atoms with van der Waals surface area (Å²) < 4.78 is 22.0. The third-order valence-corrected chi connectivity index (χ3v) is 7.72.